The van der Waals surface area contributed by atoms with E-state index in [2.05, 4.69) is 0 Å². The fourth-order valence-electron chi connectivity index (χ4n) is 3.56. The highest BCUT2D eigenvalue weighted by Gasteiger charge is 2.40. The molecule has 0 spiro atoms. The zero-order chi connectivity index (χ0) is 22.6. The number of carbonyl (C=O) groups excluding carboxylic acids is 2. The van der Waals surface area contributed by atoms with Crippen LogP contribution in [-0.2, 0) is 14.3 Å². The second-order valence-corrected chi connectivity index (χ2v) is 7.36. The minimum Gasteiger partial charge on any atom is -0.481 e. The first kappa shape index (κ1) is 22.2. The summed E-state index contributed by atoms with van der Waals surface area (Å²) in [7, 11) is 0. The number of aliphatic carboxylic acids is 1. The van der Waals surface area contributed by atoms with E-state index >= 15 is 0 Å². The lowest BCUT2D eigenvalue weighted by Crippen LogP contribution is -2.50. The molecule has 3 rings (SSSR count). The van der Waals surface area contributed by atoms with Crippen LogP contribution >= 0.6 is 0 Å². The van der Waals surface area contributed by atoms with E-state index < -0.39 is 42.9 Å². The average Bonchev–Trinajstić information content (AvgIpc) is 3.04. The fraction of sp³-hybridized carbons (Fsp3) is 0.318. The Balaban J connectivity index is 1.55. The summed E-state index contributed by atoms with van der Waals surface area (Å²) in [5.74, 6) is -7.04. The first-order valence-electron chi connectivity index (χ1n) is 9.68. The number of carbonyl (C=O) groups is 3. The maximum absolute atomic E-state index is 14.0. The van der Waals surface area contributed by atoms with Crippen molar-refractivity contribution in [2.24, 2.45) is 0 Å². The van der Waals surface area contributed by atoms with Gasteiger partial charge in [0.05, 0.1) is 13.0 Å². The molecule has 1 aliphatic carbocycles. The zero-order valence-corrected chi connectivity index (χ0v) is 16.7. The van der Waals surface area contributed by atoms with Gasteiger partial charge in [-0.1, -0.05) is 48.5 Å². The van der Waals surface area contributed by atoms with Crippen LogP contribution in [0.3, 0.4) is 0 Å². The molecule has 2 amide bonds. The van der Waals surface area contributed by atoms with E-state index in [1.807, 2.05) is 59.2 Å². The van der Waals surface area contributed by atoms with Crippen molar-refractivity contribution in [1.29, 1.82) is 0 Å². The Labute approximate surface area is 177 Å². The first-order chi connectivity index (χ1) is 14.7. The van der Waals surface area contributed by atoms with Crippen LogP contribution in [0.25, 0.3) is 11.1 Å². The molecule has 7 nitrogen and oxygen atoms in total. The molecule has 2 aromatic carbocycles. The minimum absolute atomic E-state index is 0.0483. The number of benzene rings is 2. The number of carboxylic acid groups (broad SMARTS) is 1. The van der Waals surface area contributed by atoms with Crippen molar-refractivity contribution in [2.45, 2.75) is 31.2 Å². The number of amides is 2. The SMILES string of the molecule is CC(CC(=O)O)NC(=O)C(F)(F)CNC(=O)OCC1c2ccccc2-c2ccccc21. The minimum atomic E-state index is -3.92. The Kier molecular flexibility index (Phi) is 6.53. The van der Waals surface area contributed by atoms with Crippen LogP contribution in [0.5, 0.6) is 0 Å². The molecule has 1 atom stereocenters. The third kappa shape index (κ3) is 5.17. The van der Waals surface area contributed by atoms with Crippen molar-refractivity contribution < 1.29 is 33.0 Å². The monoisotopic (exact) mass is 432 g/mol. The number of carboxylic acids is 1. The Morgan fingerprint density at radius 2 is 1.61 bits per heavy atom. The second kappa shape index (κ2) is 9.11. The van der Waals surface area contributed by atoms with Crippen LogP contribution in [0.2, 0.25) is 0 Å². The molecule has 2 aromatic rings. The number of fused-ring (bicyclic) bond motifs is 3. The van der Waals surface area contributed by atoms with E-state index in [1.165, 1.54) is 6.92 Å². The van der Waals surface area contributed by atoms with Gasteiger partial charge in [0.25, 0.3) is 5.91 Å². The highest BCUT2D eigenvalue weighted by molar-refractivity contribution is 5.85. The highest BCUT2D eigenvalue weighted by atomic mass is 19.3. The van der Waals surface area contributed by atoms with Gasteiger partial charge < -0.3 is 20.5 Å². The quantitative estimate of drug-likeness (QED) is 0.595. The third-order valence-electron chi connectivity index (χ3n) is 4.99. The van der Waals surface area contributed by atoms with Gasteiger partial charge in [0.1, 0.15) is 6.61 Å². The van der Waals surface area contributed by atoms with E-state index in [9.17, 15) is 23.2 Å². The van der Waals surface area contributed by atoms with Crippen LogP contribution in [-0.4, -0.2) is 48.2 Å². The van der Waals surface area contributed by atoms with Crippen LogP contribution in [0, 0.1) is 0 Å². The number of nitrogens with one attached hydrogen (secondary N) is 2. The van der Waals surface area contributed by atoms with E-state index in [-0.39, 0.29) is 12.5 Å². The maximum atomic E-state index is 14.0. The zero-order valence-electron chi connectivity index (χ0n) is 16.7. The van der Waals surface area contributed by atoms with Gasteiger partial charge in [0.2, 0.25) is 0 Å². The molecule has 0 radical (unpaired) electrons. The Morgan fingerprint density at radius 1 is 1.06 bits per heavy atom. The molecule has 31 heavy (non-hydrogen) atoms. The number of halogens is 2. The van der Waals surface area contributed by atoms with E-state index in [0.29, 0.717) is 0 Å². The number of alkyl carbamates (subject to hydrolysis) is 1. The molecule has 1 unspecified atom stereocenters. The van der Waals surface area contributed by atoms with Crippen molar-refractivity contribution in [3.63, 3.8) is 0 Å². The molecular weight excluding hydrogens is 410 g/mol. The molecule has 0 bridgehead atoms. The summed E-state index contributed by atoms with van der Waals surface area (Å²) in [6.45, 7) is -0.0242. The Bertz CT molecular complexity index is 950. The molecule has 0 fully saturated rings. The van der Waals surface area contributed by atoms with Crippen molar-refractivity contribution in [3.8, 4) is 11.1 Å². The van der Waals surface area contributed by atoms with Gasteiger partial charge in [0, 0.05) is 12.0 Å². The van der Waals surface area contributed by atoms with Crippen LogP contribution < -0.4 is 10.6 Å². The number of alkyl halides is 2. The molecule has 164 valence electrons. The molecule has 0 saturated carbocycles. The third-order valence-corrected chi connectivity index (χ3v) is 4.99. The predicted molar refractivity (Wildman–Crippen MR) is 108 cm³/mol. The van der Waals surface area contributed by atoms with Crippen molar-refractivity contribution in [2.75, 3.05) is 13.2 Å². The van der Waals surface area contributed by atoms with Crippen LogP contribution in [0.1, 0.15) is 30.4 Å². The van der Waals surface area contributed by atoms with Crippen molar-refractivity contribution in [1.82, 2.24) is 10.6 Å². The van der Waals surface area contributed by atoms with E-state index in [1.54, 1.807) is 0 Å². The molecule has 0 aromatic heterocycles. The molecule has 1 aliphatic rings. The summed E-state index contributed by atoms with van der Waals surface area (Å²) >= 11 is 0. The fourth-order valence-corrected chi connectivity index (χ4v) is 3.56. The van der Waals surface area contributed by atoms with E-state index in [0.717, 1.165) is 22.3 Å². The number of ether oxygens (including phenoxy) is 1. The van der Waals surface area contributed by atoms with Gasteiger partial charge in [-0.05, 0) is 29.2 Å². The van der Waals surface area contributed by atoms with Gasteiger partial charge in [-0.3, -0.25) is 9.59 Å². The van der Waals surface area contributed by atoms with Crippen LogP contribution in [0.4, 0.5) is 13.6 Å². The molecule has 0 aliphatic heterocycles. The number of hydrogen-bond donors (Lipinski definition) is 3. The normalized spacial score (nSPS) is 13.6. The first-order valence-corrected chi connectivity index (χ1v) is 9.68. The van der Waals surface area contributed by atoms with Gasteiger partial charge in [-0.25, -0.2) is 4.79 Å². The van der Waals surface area contributed by atoms with E-state index in [4.69, 9.17) is 9.84 Å². The molecule has 0 saturated heterocycles. The summed E-state index contributed by atoms with van der Waals surface area (Å²) in [5.41, 5.74) is 4.03. The summed E-state index contributed by atoms with van der Waals surface area (Å²) < 4.78 is 33.1. The molecular formula is C22H22F2N2O5. The maximum Gasteiger partial charge on any atom is 0.407 e. The summed E-state index contributed by atoms with van der Waals surface area (Å²) in [6, 6.07) is 14.4. The van der Waals surface area contributed by atoms with Crippen molar-refractivity contribution in [3.05, 3.63) is 59.7 Å². The smallest absolute Gasteiger partial charge is 0.407 e. The van der Waals surface area contributed by atoms with Gasteiger partial charge in [-0.15, -0.1) is 0 Å². The lowest BCUT2D eigenvalue weighted by molar-refractivity contribution is -0.146. The summed E-state index contributed by atoms with van der Waals surface area (Å²) in [6.07, 6.45) is -1.57. The molecule has 0 heterocycles. The van der Waals surface area contributed by atoms with Crippen LogP contribution in [0.15, 0.2) is 48.5 Å². The second-order valence-electron chi connectivity index (χ2n) is 7.36. The summed E-state index contributed by atoms with van der Waals surface area (Å²) in [4.78, 5) is 34.2. The Hall–Kier alpha value is -3.49. The average molecular weight is 432 g/mol. The number of rotatable bonds is 8. The van der Waals surface area contributed by atoms with Gasteiger partial charge >= 0.3 is 18.0 Å². The number of hydrogen-bond acceptors (Lipinski definition) is 4. The highest BCUT2D eigenvalue weighted by Crippen LogP contribution is 2.44. The van der Waals surface area contributed by atoms with Gasteiger partial charge in [-0.2, -0.15) is 8.78 Å². The standard InChI is InChI=1S/C22H22F2N2O5/c1-13(10-19(27)28)26-20(29)22(23,24)12-25-21(30)31-11-18-16-8-4-2-6-14(16)15-7-3-5-9-17(15)18/h2-9,13,18H,10-12H2,1H3,(H,25,30)(H,26,29)(H,27,28). The molecule has 3 N–H and O–H groups in total. The molecule has 9 heteroatoms. The topological polar surface area (TPSA) is 105 Å². The summed E-state index contributed by atoms with van der Waals surface area (Å²) in [5, 5.41) is 12.4. The largest absolute Gasteiger partial charge is 0.481 e. The lowest BCUT2D eigenvalue weighted by atomic mass is 9.98. The van der Waals surface area contributed by atoms with Crippen molar-refractivity contribution >= 4 is 18.0 Å². The predicted octanol–water partition coefficient (Wildman–Crippen LogP) is 3.14. The Morgan fingerprint density at radius 3 is 2.16 bits per heavy atom. The lowest BCUT2D eigenvalue weighted by Gasteiger charge is -2.20. The van der Waals surface area contributed by atoms with Gasteiger partial charge in [0.15, 0.2) is 0 Å².